The number of rotatable bonds is 0. The molecular weight excluding hydrogens is 280 g/mol. The standard InChI is InChI=1S/C16H18N4S/c1-11-9-12-15(20-8-7-19(2)10-20)17-13-5-3-4-6-14(13)18-16(12)21-11/h3-6,9,18H,7-8,10H2,1-2H3. The Bertz CT molecular complexity index is 719. The molecule has 1 aromatic heterocycles. The molecule has 1 fully saturated rings. The summed E-state index contributed by atoms with van der Waals surface area (Å²) in [6, 6.07) is 10.5. The van der Waals surface area contributed by atoms with Gasteiger partial charge >= 0.3 is 0 Å². The minimum absolute atomic E-state index is 0.940. The molecule has 0 amide bonds. The third kappa shape index (κ3) is 2.22. The predicted octanol–water partition coefficient (Wildman–Crippen LogP) is 3.40. The number of fused-ring (bicyclic) bond motifs is 2. The monoisotopic (exact) mass is 298 g/mol. The van der Waals surface area contributed by atoms with Gasteiger partial charge in [-0.05, 0) is 32.2 Å². The number of hydrogen-bond donors (Lipinski definition) is 1. The number of likely N-dealkylation sites (N-methyl/N-ethyl adjacent to an activating group) is 1. The number of thiophene rings is 1. The van der Waals surface area contributed by atoms with Gasteiger partial charge < -0.3 is 10.2 Å². The first-order valence-corrected chi connectivity index (χ1v) is 8.01. The summed E-state index contributed by atoms with van der Waals surface area (Å²) in [5.74, 6) is 1.09. The zero-order valence-electron chi connectivity index (χ0n) is 12.3. The van der Waals surface area contributed by atoms with Crippen LogP contribution >= 0.6 is 11.3 Å². The summed E-state index contributed by atoms with van der Waals surface area (Å²) >= 11 is 1.80. The maximum absolute atomic E-state index is 4.97. The first kappa shape index (κ1) is 12.9. The zero-order chi connectivity index (χ0) is 14.4. The summed E-state index contributed by atoms with van der Waals surface area (Å²) in [6.45, 7) is 5.22. The van der Waals surface area contributed by atoms with Crippen molar-refractivity contribution in [3.63, 3.8) is 0 Å². The van der Waals surface area contributed by atoms with Gasteiger partial charge in [0.1, 0.15) is 10.8 Å². The lowest BCUT2D eigenvalue weighted by Crippen LogP contribution is -2.30. The van der Waals surface area contributed by atoms with Crippen LogP contribution in [0.3, 0.4) is 0 Å². The van der Waals surface area contributed by atoms with Crippen molar-refractivity contribution >= 4 is 33.5 Å². The van der Waals surface area contributed by atoms with Crippen LogP contribution in [-0.2, 0) is 0 Å². The second-order valence-corrected chi connectivity index (χ2v) is 6.92. The number of aryl methyl sites for hydroxylation is 1. The fraction of sp³-hybridized carbons (Fsp3) is 0.312. The van der Waals surface area contributed by atoms with Crippen LogP contribution in [0.2, 0.25) is 0 Å². The van der Waals surface area contributed by atoms with E-state index in [0.717, 1.165) is 37.0 Å². The lowest BCUT2D eigenvalue weighted by atomic mass is 10.2. The first-order valence-electron chi connectivity index (χ1n) is 7.20. The molecular formula is C16H18N4S. The van der Waals surface area contributed by atoms with Gasteiger partial charge in [0, 0.05) is 18.0 Å². The number of benzene rings is 1. The van der Waals surface area contributed by atoms with Gasteiger partial charge in [0.05, 0.1) is 23.6 Å². The van der Waals surface area contributed by atoms with E-state index < -0.39 is 0 Å². The van der Waals surface area contributed by atoms with E-state index in [0.29, 0.717) is 0 Å². The molecule has 2 aliphatic heterocycles. The Morgan fingerprint density at radius 1 is 1.24 bits per heavy atom. The van der Waals surface area contributed by atoms with E-state index in [9.17, 15) is 0 Å². The second-order valence-electron chi connectivity index (χ2n) is 5.66. The lowest BCUT2D eigenvalue weighted by Gasteiger charge is -2.19. The normalized spacial score (nSPS) is 17.8. The largest absolute Gasteiger partial charge is 0.345 e. The third-order valence-corrected chi connectivity index (χ3v) is 4.90. The first-order chi connectivity index (χ1) is 10.2. The van der Waals surface area contributed by atoms with Crippen LogP contribution in [0.1, 0.15) is 10.4 Å². The molecule has 1 aromatic carbocycles. The van der Waals surface area contributed by atoms with Crippen molar-refractivity contribution in [1.82, 2.24) is 9.80 Å². The Hall–Kier alpha value is -1.85. The van der Waals surface area contributed by atoms with Gasteiger partial charge in [0.15, 0.2) is 0 Å². The molecule has 0 aliphatic carbocycles. The smallest absolute Gasteiger partial charge is 0.140 e. The summed E-state index contributed by atoms with van der Waals surface area (Å²) in [4.78, 5) is 11.0. The van der Waals surface area contributed by atoms with E-state index in [-0.39, 0.29) is 0 Å². The summed E-state index contributed by atoms with van der Waals surface area (Å²) < 4.78 is 0. The number of aliphatic imine (C=N–C) groups is 1. The Labute approximate surface area is 128 Å². The highest BCUT2D eigenvalue weighted by Crippen LogP contribution is 2.39. The molecule has 0 spiro atoms. The van der Waals surface area contributed by atoms with Crippen molar-refractivity contribution in [2.75, 3.05) is 32.1 Å². The van der Waals surface area contributed by atoms with E-state index in [2.05, 4.69) is 53.4 Å². The highest BCUT2D eigenvalue weighted by molar-refractivity contribution is 7.16. The predicted molar refractivity (Wildman–Crippen MR) is 89.2 cm³/mol. The molecule has 0 atom stereocenters. The average molecular weight is 298 g/mol. The van der Waals surface area contributed by atoms with Crippen molar-refractivity contribution in [3.8, 4) is 0 Å². The second kappa shape index (κ2) is 4.86. The van der Waals surface area contributed by atoms with Crippen LogP contribution in [0.5, 0.6) is 0 Å². The van der Waals surface area contributed by atoms with Gasteiger partial charge in [-0.1, -0.05) is 12.1 Å². The lowest BCUT2D eigenvalue weighted by molar-refractivity contribution is 0.360. The van der Waals surface area contributed by atoms with Crippen LogP contribution in [0.25, 0.3) is 0 Å². The number of hydrogen-bond acceptors (Lipinski definition) is 5. The van der Waals surface area contributed by atoms with E-state index in [4.69, 9.17) is 4.99 Å². The highest BCUT2D eigenvalue weighted by atomic mass is 32.1. The molecule has 0 unspecified atom stereocenters. The van der Waals surface area contributed by atoms with Crippen LogP contribution < -0.4 is 5.32 Å². The molecule has 2 aromatic rings. The fourth-order valence-corrected chi connectivity index (χ4v) is 3.80. The zero-order valence-corrected chi connectivity index (χ0v) is 13.1. The topological polar surface area (TPSA) is 30.9 Å². The van der Waals surface area contributed by atoms with Crippen LogP contribution in [-0.4, -0.2) is 42.4 Å². The van der Waals surface area contributed by atoms with Crippen LogP contribution in [0.4, 0.5) is 16.4 Å². The molecule has 3 heterocycles. The van der Waals surface area contributed by atoms with E-state index in [1.807, 2.05) is 6.07 Å². The maximum atomic E-state index is 4.97. The minimum Gasteiger partial charge on any atom is -0.345 e. The molecule has 5 heteroatoms. The van der Waals surface area contributed by atoms with E-state index >= 15 is 0 Å². The summed E-state index contributed by atoms with van der Waals surface area (Å²) in [5, 5.41) is 4.75. The summed E-state index contributed by atoms with van der Waals surface area (Å²) in [5.41, 5.74) is 3.33. The van der Waals surface area contributed by atoms with Gasteiger partial charge in [0.25, 0.3) is 0 Å². The highest BCUT2D eigenvalue weighted by Gasteiger charge is 2.26. The van der Waals surface area contributed by atoms with Crippen LogP contribution in [0.15, 0.2) is 35.3 Å². The van der Waals surface area contributed by atoms with Crippen molar-refractivity contribution in [2.45, 2.75) is 6.92 Å². The van der Waals surface area contributed by atoms with Crippen molar-refractivity contribution in [2.24, 2.45) is 4.99 Å². The fourth-order valence-electron chi connectivity index (χ4n) is 2.88. The molecule has 108 valence electrons. The molecule has 1 N–H and O–H groups in total. The van der Waals surface area contributed by atoms with Gasteiger partial charge in [-0.3, -0.25) is 4.90 Å². The Balaban J connectivity index is 1.87. The minimum atomic E-state index is 0.940. The maximum Gasteiger partial charge on any atom is 0.140 e. The van der Waals surface area contributed by atoms with Crippen molar-refractivity contribution in [1.29, 1.82) is 0 Å². The molecule has 2 aliphatic rings. The van der Waals surface area contributed by atoms with Crippen molar-refractivity contribution < 1.29 is 0 Å². The Kier molecular flexibility index (Phi) is 2.97. The Morgan fingerprint density at radius 2 is 2.10 bits per heavy atom. The SMILES string of the molecule is Cc1cc2c(s1)Nc1ccccc1N=C2N1CCN(C)C1. The third-order valence-electron chi connectivity index (χ3n) is 3.94. The van der Waals surface area contributed by atoms with Gasteiger partial charge in [-0.25, -0.2) is 4.99 Å². The van der Waals surface area contributed by atoms with E-state index in [1.165, 1.54) is 15.4 Å². The summed E-state index contributed by atoms with van der Waals surface area (Å²) in [7, 11) is 2.16. The molecule has 0 bridgehead atoms. The quantitative estimate of drug-likeness (QED) is 0.809. The summed E-state index contributed by atoms with van der Waals surface area (Å²) in [6.07, 6.45) is 0. The number of anilines is 2. The van der Waals surface area contributed by atoms with Gasteiger partial charge in [0.2, 0.25) is 0 Å². The number of nitrogens with zero attached hydrogens (tertiary/aromatic N) is 3. The van der Waals surface area contributed by atoms with E-state index in [1.54, 1.807) is 11.3 Å². The number of para-hydroxylation sites is 2. The average Bonchev–Trinajstić information content (AvgIpc) is 3.01. The molecule has 4 rings (SSSR count). The molecule has 1 saturated heterocycles. The van der Waals surface area contributed by atoms with Gasteiger partial charge in [-0.2, -0.15) is 0 Å². The van der Waals surface area contributed by atoms with Crippen LogP contribution in [0, 0.1) is 6.92 Å². The molecule has 21 heavy (non-hydrogen) atoms. The van der Waals surface area contributed by atoms with Crippen molar-refractivity contribution in [3.05, 3.63) is 40.8 Å². The molecule has 4 nitrogen and oxygen atoms in total. The molecule has 0 radical (unpaired) electrons. The molecule has 0 saturated carbocycles. The Morgan fingerprint density at radius 3 is 2.90 bits per heavy atom. The van der Waals surface area contributed by atoms with Gasteiger partial charge in [-0.15, -0.1) is 11.3 Å². The number of nitrogens with one attached hydrogen (secondary N) is 1. The number of amidine groups is 1.